The van der Waals surface area contributed by atoms with Crippen molar-refractivity contribution in [3.8, 4) is 0 Å². The fourth-order valence-corrected chi connectivity index (χ4v) is 1.19. The van der Waals surface area contributed by atoms with Crippen LogP contribution < -0.4 is 11.1 Å². The second-order valence-electron chi connectivity index (χ2n) is 3.49. The van der Waals surface area contributed by atoms with Gasteiger partial charge in [0.05, 0.1) is 6.42 Å². The van der Waals surface area contributed by atoms with E-state index in [-0.39, 0.29) is 13.1 Å². The van der Waals surface area contributed by atoms with E-state index in [4.69, 9.17) is 10.8 Å². The van der Waals surface area contributed by atoms with Gasteiger partial charge in [-0.05, 0) is 0 Å². The van der Waals surface area contributed by atoms with E-state index >= 15 is 0 Å². The summed E-state index contributed by atoms with van der Waals surface area (Å²) < 4.78 is 0. The molecular formula is C11H17N3O4. The monoisotopic (exact) mass is 255 g/mol. The number of rotatable bonds is 8. The van der Waals surface area contributed by atoms with Crippen LogP contribution in [0.4, 0.5) is 4.79 Å². The first-order valence-corrected chi connectivity index (χ1v) is 5.20. The van der Waals surface area contributed by atoms with E-state index in [2.05, 4.69) is 18.5 Å². The summed E-state index contributed by atoms with van der Waals surface area (Å²) >= 11 is 0. The number of carbonyl (C=O) groups excluding carboxylic acids is 2. The Bertz CT molecular complexity index is 344. The molecule has 0 aliphatic heterocycles. The molecule has 3 amide bonds. The summed E-state index contributed by atoms with van der Waals surface area (Å²) in [6, 6.07) is -1.96. The zero-order valence-electron chi connectivity index (χ0n) is 9.96. The van der Waals surface area contributed by atoms with Crippen LogP contribution in [0.2, 0.25) is 0 Å². The second-order valence-corrected chi connectivity index (χ2v) is 3.49. The molecule has 0 saturated heterocycles. The minimum absolute atomic E-state index is 0.237. The SMILES string of the molecule is C=CCN(CC=C)C(=O)NC(CC(N)=O)C(=O)O. The zero-order chi connectivity index (χ0) is 14.1. The Hall–Kier alpha value is -2.31. The van der Waals surface area contributed by atoms with Crippen molar-refractivity contribution in [1.82, 2.24) is 10.2 Å². The van der Waals surface area contributed by atoms with E-state index in [1.807, 2.05) is 0 Å². The van der Waals surface area contributed by atoms with Gasteiger partial charge in [-0.1, -0.05) is 12.2 Å². The molecule has 0 aliphatic carbocycles. The number of primary amides is 1. The number of nitrogens with one attached hydrogen (secondary N) is 1. The number of hydrogen-bond donors (Lipinski definition) is 3. The molecule has 0 fully saturated rings. The lowest BCUT2D eigenvalue weighted by molar-refractivity contribution is -0.140. The Morgan fingerprint density at radius 1 is 1.28 bits per heavy atom. The van der Waals surface area contributed by atoms with Crippen molar-refractivity contribution in [2.75, 3.05) is 13.1 Å². The van der Waals surface area contributed by atoms with Gasteiger partial charge in [0.25, 0.3) is 0 Å². The lowest BCUT2D eigenvalue weighted by atomic mass is 10.2. The molecular weight excluding hydrogens is 238 g/mol. The van der Waals surface area contributed by atoms with E-state index < -0.39 is 30.4 Å². The first-order chi connectivity index (χ1) is 8.42. The number of carboxylic acid groups (broad SMARTS) is 1. The van der Waals surface area contributed by atoms with Gasteiger partial charge in [-0.15, -0.1) is 13.2 Å². The van der Waals surface area contributed by atoms with Crippen LogP contribution in [0, 0.1) is 0 Å². The standard InChI is InChI=1S/C11H17N3O4/c1-3-5-14(6-4-2)11(18)13-8(10(16)17)7-9(12)15/h3-4,8H,1-2,5-7H2,(H2,12,15)(H,13,18)(H,16,17). The van der Waals surface area contributed by atoms with Crippen LogP contribution in [-0.4, -0.2) is 47.0 Å². The summed E-state index contributed by atoms with van der Waals surface area (Å²) in [5, 5.41) is 11.0. The lowest BCUT2D eigenvalue weighted by Crippen LogP contribution is -2.49. The Labute approximate surface area is 105 Å². The fraction of sp³-hybridized carbons (Fsp3) is 0.364. The second kappa shape index (κ2) is 7.88. The number of amides is 3. The first kappa shape index (κ1) is 15.7. The Balaban J connectivity index is 4.63. The summed E-state index contributed by atoms with van der Waals surface area (Å²) in [6.45, 7) is 7.44. The van der Waals surface area contributed by atoms with Crippen LogP contribution in [-0.2, 0) is 9.59 Å². The van der Waals surface area contributed by atoms with Gasteiger partial charge in [0.2, 0.25) is 5.91 Å². The molecule has 0 radical (unpaired) electrons. The molecule has 7 heteroatoms. The van der Waals surface area contributed by atoms with E-state index in [1.165, 1.54) is 17.1 Å². The lowest BCUT2D eigenvalue weighted by Gasteiger charge is -2.22. The molecule has 0 saturated carbocycles. The molecule has 1 unspecified atom stereocenters. The number of nitrogens with zero attached hydrogens (tertiary/aromatic N) is 1. The van der Waals surface area contributed by atoms with Crippen molar-refractivity contribution in [3.63, 3.8) is 0 Å². The zero-order valence-corrected chi connectivity index (χ0v) is 9.96. The normalized spacial score (nSPS) is 11.1. The summed E-state index contributed by atoms with van der Waals surface area (Å²) in [7, 11) is 0. The average Bonchev–Trinajstić information content (AvgIpc) is 2.27. The van der Waals surface area contributed by atoms with Crippen LogP contribution >= 0.6 is 0 Å². The highest BCUT2D eigenvalue weighted by Gasteiger charge is 2.24. The van der Waals surface area contributed by atoms with Gasteiger partial charge in [-0.3, -0.25) is 4.79 Å². The van der Waals surface area contributed by atoms with E-state index in [1.54, 1.807) is 0 Å². The minimum atomic E-state index is -1.34. The third-order valence-corrected chi connectivity index (χ3v) is 1.99. The summed E-state index contributed by atoms with van der Waals surface area (Å²) in [6.07, 6.45) is 2.52. The van der Waals surface area contributed by atoms with Gasteiger partial charge in [0.1, 0.15) is 6.04 Å². The Morgan fingerprint density at radius 2 is 1.78 bits per heavy atom. The van der Waals surface area contributed by atoms with Gasteiger partial charge in [-0.2, -0.15) is 0 Å². The van der Waals surface area contributed by atoms with E-state index in [0.717, 1.165) is 0 Å². The van der Waals surface area contributed by atoms with Gasteiger partial charge in [0, 0.05) is 13.1 Å². The molecule has 0 spiro atoms. The molecule has 4 N–H and O–H groups in total. The Morgan fingerprint density at radius 3 is 2.11 bits per heavy atom. The van der Waals surface area contributed by atoms with Crippen LogP contribution in [0.15, 0.2) is 25.3 Å². The summed E-state index contributed by atoms with van der Waals surface area (Å²) in [5.41, 5.74) is 4.90. The molecule has 7 nitrogen and oxygen atoms in total. The quantitative estimate of drug-likeness (QED) is 0.517. The molecule has 0 aromatic carbocycles. The smallest absolute Gasteiger partial charge is 0.326 e. The predicted octanol–water partition coefficient (Wildman–Crippen LogP) is -0.301. The van der Waals surface area contributed by atoms with E-state index in [0.29, 0.717) is 0 Å². The fourth-order valence-electron chi connectivity index (χ4n) is 1.19. The maximum absolute atomic E-state index is 11.7. The molecule has 0 aromatic rings. The minimum Gasteiger partial charge on any atom is -0.480 e. The van der Waals surface area contributed by atoms with Crippen LogP contribution in [0.1, 0.15) is 6.42 Å². The average molecular weight is 255 g/mol. The molecule has 18 heavy (non-hydrogen) atoms. The highest BCUT2D eigenvalue weighted by molar-refractivity contribution is 5.87. The summed E-state index contributed by atoms with van der Waals surface area (Å²) in [4.78, 5) is 34.5. The summed E-state index contributed by atoms with van der Waals surface area (Å²) in [5.74, 6) is -2.12. The highest BCUT2D eigenvalue weighted by atomic mass is 16.4. The van der Waals surface area contributed by atoms with Crippen molar-refractivity contribution in [3.05, 3.63) is 25.3 Å². The van der Waals surface area contributed by atoms with E-state index in [9.17, 15) is 14.4 Å². The van der Waals surface area contributed by atoms with Crippen molar-refractivity contribution in [1.29, 1.82) is 0 Å². The van der Waals surface area contributed by atoms with Gasteiger partial charge >= 0.3 is 12.0 Å². The van der Waals surface area contributed by atoms with Crippen LogP contribution in [0.3, 0.4) is 0 Å². The van der Waals surface area contributed by atoms with Gasteiger partial charge in [-0.25, -0.2) is 9.59 Å². The van der Waals surface area contributed by atoms with Gasteiger partial charge in [0.15, 0.2) is 0 Å². The third kappa shape index (κ3) is 5.69. The first-order valence-electron chi connectivity index (χ1n) is 5.20. The molecule has 0 aliphatic rings. The van der Waals surface area contributed by atoms with Crippen molar-refractivity contribution in [2.45, 2.75) is 12.5 Å². The maximum atomic E-state index is 11.7. The molecule has 0 bridgehead atoms. The molecule has 100 valence electrons. The van der Waals surface area contributed by atoms with Crippen LogP contribution in [0.25, 0.3) is 0 Å². The molecule has 0 heterocycles. The van der Waals surface area contributed by atoms with Crippen molar-refractivity contribution < 1.29 is 19.5 Å². The third-order valence-electron chi connectivity index (χ3n) is 1.99. The Kier molecular flexibility index (Phi) is 6.87. The van der Waals surface area contributed by atoms with Crippen LogP contribution in [0.5, 0.6) is 0 Å². The number of carbonyl (C=O) groups is 3. The number of aliphatic carboxylic acids is 1. The topological polar surface area (TPSA) is 113 Å². The maximum Gasteiger partial charge on any atom is 0.326 e. The molecule has 0 rings (SSSR count). The molecule has 1 atom stereocenters. The van der Waals surface area contributed by atoms with Crippen molar-refractivity contribution in [2.24, 2.45) is 5.73 Å². The largest absolute Gasteiger partial charge is 0.480 e. The number of carboxylic acids is 1. The van der Waals surface area contributed by atoms with Crippen molar-refractivity contribution >= 4 is 17.9 Å². The predicted molar refractivity (Wildman–Crippen MR) is 65.7 cm³/mol. The number of urea groups is 1. The number of hydrogen-bond acceptors (Lipinski definition) is 3. The number of nitrogens with two attached hydrogens (primary N) is 1. The molecule has 0 aromatic heterocycles. The highest BCUT2D eigenvalue weighted by Crippen LogP contribution is 1.97. The van der Waals surface area contributed by atoms with Gasteiger partial charge < -0.3 is 21.1 Å².